The number of nitrogens with two attached hydrogens (primary N) is 1. The molecule has 2 N–H and O–H groups in total. The number of carbonyl (C=O) groups excluding carboxylic acids is 1. The Hall–Kier alpha value is -1.50. The third-order valence-electron chi connectivity index (χ3n) is 2.83. The van der Waals surface area contributed by atoms with Crippen LogP contribution < -0.4 is 10.5 Å². The van der Waals surface area contributed by atoms with E-state index in [1.807, 2.05) is 4.90 Å². The molecule has 1 aliphatic rings. The molecule has 0 amide bonds. The van der Waals surface area contributed by atoms with Crippen molar-refractivity contribution in [1.29, 1.82) is 0 Å². The van der Waals surface area contributed by atoms with Crippen molar-refractivity contribution < 1.29 is 14.3 Å². The molecule has 1 fully saturated rings. The molecule has 0 unspecified atom stereocenters. The summed E-state index contributed by atoms with van der Waals surface area (Å²) in [7, 11) is 0. The summed E-state index contributed by atoms with van der Waals surface area (Å²) in [4.78, 5) is 14.1. The molecule has 0 atom stereocenters. The number of thiocarbonyl (C=S) groups is 1. The highest BCUT2D eigenvalue weighted by atomic mass is 32.1. The predicted octanol–water partition coefficient (Wildman–Crippen LogP) is 0.558. The fourth-order valence-corrected chi connectivity index (χ4v) is 1.93. The summed E-state index contributed by atoms with van der Waals surface area (Å²) in [5, 5.41) is 0. The first-order valence-electron chi connectivity index (χ1n) is 6.06. The minimum absolute atomic E-state index is 0.273. The number of ether oxygens (including phenoxy) is 2. The Kier molecular flexibility index (Phi) is 4.84. The van der Waals surface area contributed by atoms with Crippen LogP contribution in [0.15, 0.2) is 24.3 Å². The monoisotopic (exact) mass is 280 g/mol. The lowest BCUT2D eigenvalue weighted by Crippen LogP contribution is -2.40. The zero-order chi connectivity index (χ0) is 13.7. The maximum Gasteiger partial charge on any atom is 0.325 e. The lowest BCUT2D eigenvalue weighted by molar-refractivity contribution is -0.136. The number of esters is 1. The minimum atomic E-state index is -0.273. The Bertz CT molecular complexity index is 455. The van der Waals surface area contributed by atoms with Gasteiger partial charge >= 0.3 is 5.97 Å². The molecular weight excluding hydrogens is 264 g/mol. The smallest absolute Gasteiger partial charge is 0.325 e. The Morgan fingerprint density at radius 3 is 2.53 bits per heavy atom. The normalized spacial score (nSPS) is 16.0. The Morgan fingerprint density at radius 1 is 1.32 bits per heavy atom. The summed E-state index contributed by atoms with van der Waals surface area (Å²) in [5.41, 5.74) is 6.25. The second kappa shape index (κ2) is 6.60. The average Bonchev–Trinajstić information content (AvgIpc) is 2.40. The van der Waals surface area contributed by atoms with Gasteiger partial charge in [0, 0.05) is 18.7 Å². The molecule has 0 radical (unpaired) electrons. The van der Waals surface area contributed by atoms with Crippen LogP contribution in [0.3, 0.4) is 0 Å². The number of morpholine rings is 1. The zero-order valence-electron chi connectivity index (χ0n) is 10.5. The first-order chi connectivity index (χ1) is 9.15. The van der Waals surface area contributed by atoms with E-state index in [9.17, 15) is 4.79 Å². The molecular formula is C13H16N2O3S. The standard InChI is InChI=1S/C13H16N2O3S/c14-13(19)10-1-3-11(4-2-10)18-12(16)9-15-5-7-17-8-6-15/h1-4H,5-9H2,(H2,14,19). The summed E-state index contributed by atoms with van der Waals surface area (Å²) in [6, 6.07) is 6.84. The van der Waals surface area contributed by atoms with Gasteiger partial charge in [-0.3, -0.25) is 9.69 Å². The highest BCUT2D eigenvalue weighted by Gasteiger charge is 2.15. The highest BCUT2D eigenvalue weighted by molar-refractivity contribution is 7.80. The maximum atomic E-state index is 11.7. The number of nitrogens with zero attached hydrogens (tertiary/aromatic N) is 1. The van der Waals surface area contributed by atoms with E-state index in [-0.39, 0.29) is 12.5 Å². The van der Waals surface area contributed by atoms with Gasteiger partial charge in [0.1, 0.15) is 10.7 Å². The first kappa shape index (κ1) is 13.9. The van der Waals surface area contributed by atoms with Crippen LogP contribution in [0.4, 0.5) is 0 Å². The van der Waals surface area contributed by atoms with Crippen LogP contribution in [0.25, 0.3) is 0 Å². The van der Waals surface area contributed by atoms with Gasteiger partial charge in [-0.25, -0.2) is 0 Å². The molecule has 0 aromatic heterocycles. The Morgan fingerprint density at radius 2 is 1.95 bits per heavy atom. The van der Waals surface area contributed by atoms with Crippen molar-refractivity contribution in [3.63, 3.8) is 0 Å². The molecule has 1 heterocycles. The van der Waals surface area contributed by atoms with E-state index in [1.165, 1.54) is 0 Å². The molecule has 1 aromatic carbocycles. The summed E-state index contributed by atoms with van der Waals surface area (Å²) in [6.45, 7) is 3.12. The van der Waals surface area contributed by atoms with Crippen LogP contribution in [0.1, 0.15) is 5.56 Å². The minimum Gasteiger partial charge on any atom is -0.426 e. The molecule has 0 spiro atoms. The quantitative estimate of drug-likeness (QED) is 0.494. The van der Waals surface area contributed by atoms with Gasteiger partial charge in [-0.05, 0) is 24.3 Å². The lowest BCUT2D eigenvalue weighted by atomic mass is 10.2. The molecule has 0 bridgehead atoms. The van der Waals surface area contributed by atoms with E-state index < -0.39 is 0 Å². The van der Waals surface area contributed by atoms with Gasteiger partial charge in [-0.2, -0.15) is 0 Å². The Balaban J connectivity index is 1.85. The van der Waals surface area contributed by atoms with Gasteiger partial charge in [-0.1, -0.05) is 12.2 Å². The van der Waals surface area contributed by atoms with E-state index in [2.05, 4.69) is 0 Å². The molecule has 0 aliphatic carbocycles. The molecule has 2 rings (SSSR count). The van der Waals surface area contributed by atoms with Gasteiger partial charge in [0.25, 0.3) is 0 Å². The van der Waals surface area contributed by atoms with Gasteiger partial charge in [0.05, 0.1) is 19.8 Å². The molecule has 5 nitrogen and oxygen atoms in total. The number of carbonyl (C=O) groups is 1. The van der Waals surface area contributed by atoms with E-state index in [0.717, 1.165) is 18.7 Å². The van der Waals surface area contributed by atoms with Crippen LogP contribution in [-0.4, -0.2) is 48.7 Å². The second-order valence-corrected chi connectivity index (χ2v) is 4.69. The third-order valence-corrected chi connectivity index (χ3v) is 3.06. The van der Waals surface area contributed by atoms with Crippen LogP contribution >= 0.6 is 12.2 Å². The fourth-order valence-electron chi connectivity index (χ4n) is 1.79. The Labute approximate surface area is 117 Å². The SMILES string of the molecule is NC(=S)c1ccc(OC(=O)CN2CCOCC2)cc1. The van der Waals surface area contributed by atoms with E-state index in [4.69, 9.17) is 27.4 Å². The summed E-state index contributed by atoms with van der Waals surface area (Å²) < 4.78 is 10.5. The van der Waals surface area contributed by atoms with Crippen molar-refractivity contribution in [3.05, 3.63) is 29.8 Å². The van der Waals surface area contributed by atoms with Crippen molar-refractivity contribution in [2.24, 2.45) is 5.73 Å². The maximum absolute atomic E-state index is 11.7. The summed E-state index contributed by atoms with van der Waals surface area (Å²) in [5.74, 6) is 0.225. The second-order valence-electron chi connectivity index (χ2n) is 4.25. The fraction of sp³-hybridized carbons (Fsp3) is 0.385. The number of hydrogen-bond donors (Lipinski definition) is 1. The number of rotatable bonds is 4. The third kappa shape index (κ3) is 4.27. The largest absolute Gasteiger partial charge is 0.426 e. The number of hydrogen-bond acceptors (Lipinski definition) is 5. The van der Waals surface area contributed by atoms with E-state index >= 15 is 0 Å². The van der Waals surface area contributed by atoms with Crippen LogP contribution in [0.2, 0.25) is 0 Å². The first-order valence-corrected chi connectivity index (χ1v) is 6.46. The molecule has 19 heavy (non-hydrogen) atoms. The van der Waals surface area contributed by atoms with Gasteiger partial charge in [0.2, 0.25) is 0 Å². The summed E-state index contributed by atoms with van der Waals surface area (Å²) in [6.07, 6.45) is 0. The van der Waals surface area contributed by atoms with Crippen molar-refractivity contribution in [1.82, 2.24) is 4.90 Å². The van der Waals surface area contributed by atoms with Crippen LogP contribution in [-0.2, 0) is 9.53 Å². The van der Waals surface area contributed by atoms with Gasteiger partial charge in [0.15, 0.2) is 0 Å². The summed E-state index contributed by atoms with van der Waals surface area (Å²) >= 11 is 4.85. The van der Waals surface area contributed by atoms with E-state index in [1.54, 1.807) is 24.3 Å². The topological polar surface area (TPSA) is 64.8 Å². The predicted molar refractivity (Wildman–Crippen MR) is 75.2 cm³/mol. The molecule has 0 saturated carbocycles. The molecule has 1 aromatic rings. The van der Waals surface area contributed by atoms with Crippen molar-refractivity contribution >= 4 is 23.2 Å². The van der Waals surface area contributed by atoms with Gasteiger partial charge in [-0.15, -0.1) is 0 Å². The molecule has 1 aliphatic heterocycles. The molecule has 6 heteroatoms. The van der Waals surface area contributed by atoms with Crippen molar-refractivity contribution in [3.8, 4) is 5.75 Å². The number of benzene rings is 1. The lowest BCUT2D eigenvalue weighted by Gasteiger charge is -2.25. The average molecular weight is 280 g/mol. The van der Waals surface area contributed by atoms with Crippen LogP contribution in [0.5, 0.6) is 5.75 Å². The zero-order valence-corrected chi connectivity index (χ0v) is 11.3. The van der Waals surface area contributed by atoms with E-state index in [0.29, 0.717) is 24.0 Å². The van der Waals surface area contributed by atoms with Gasteiger partial charge < -0.3 is 15.2 Å². The van der Waals surface area contributed by atoms with Crippen molar-refractivity contribution in [2.45, 2.75) is 0 Å². The molecule has 102 valence electrons. The molecule has 1 saturated heterocycles. The highest BCUT2D eigenvalue weighted by Crippen LogP contribution is 2.12. The van der Waals surface area contributed by atoms with Crippen molar-refractivity contribution in [2.75, 3.05) is 32.8 Å². The van der Waals surface area contributed by atoms with Crippen LogP contribution in [0, 0.1) is 0 Å².